The SMILES string of the molecule is CCCCCS(=O)(=O)CC(=O)N1CCN(CCCc2nc(-c3ccc(C)cc3)no2)CC1. The zero-order valence-corrected chi connectivity index (χ0v) is 19.9. The number of benzene rings is 1. The van der Waals surface area contributed by atoms with Crippen molar-refractivity contribution in [3.63, 3.8) is 0 Å². The minimum atomic E-state index is -3.31. The van der Waals surface area contributed by atoms with Crippen LogP contribution in [0.4, 0.5) is 0 Å². The molecule has 1 aromatic heterocycles. The number of hydrogen-bond acceptors (Lipinski definition) is 7. The number of unbranched alkanes of at least 4 members (excludes halogenated alkanes) is 2. The van der Waals surface area contributed by atoms with E-state index in [1.165, 1.54) is 5.56 Å². The van der Waals surface area contributed by atoms with Crippen LogP contribution in [0, 0.1) is 6.92 Å². The smallest absolute Gasteiger partial charge is 0.237 e. The van der Waals surface area contributed by atoms with E-state index < -0.39 is 9.84 Å². The number of aryl methyl sites for hydroxylation is 2. The Morgan fingerprint density at radius 2 is 1.78 bits per heavy atom. The third kappa shape index (κ3) is 7.41. The summed E-state index contributed by atoms with van der Waals surface area (Å²) < 4.78 is 29.6. The van der Waals surface area contributed by atoms with E-state index in [1.807, 2.05) is 38.1 Å². The van der Waals surface area contributed by atoms with Gasteiger partial charge in [0.1, 0.15) is 5.75 Å². The molecule has 9 heteroatoms. The van der Waals surface area contributed by atoms with Gasteiger partial charge in [-0.05, 0) is 26.3 Å². The first-order valence-electron chi connectivity index (χ1n) is 11.5. The van der Waals surface area contributed by atoms with Crippen LogP contribution in [0.3, 0.4) is 0 Å². The molecule has 0 unspecified atom stereocenters. The summed E-state index contributed by atoms with van der Waals surface area (Å²) >= 11 is 0. The van der Waals surface area contributed by atoms with Gasteiger partial charge < -0.3 is 9.42 Å². The van der Waals surface area contributed by atoms with Gasteiger partial charge in [-0.15, -0.1) is 0 Å². The van der Waals surface area contributed by atoms with Crippen molar-refractivity contribution in [2.24, 2.45) is 0 Å². The van der Waals surface area contributed by atoms with Crippen LogP contribution in [0.25, 0.3) is 11.4 Å². The Kier molecular flexibility index (Phi) is 8.81. The summed E-state index contributed by atoms with van der Waals surface area (Å²) in [6, 6.07) is 8.03. The van der Waals surface area contributed by atoms with Crippen molar-refractivity contribution in [1.29, 1.82) is 0 Å². The molecule has 0 spiro atoms. The maximum absolute atomic E-state index is 12.4. The molecule has 1 aliphatic rings. The lowest BCUT2D eigenvalue weighted by Gasteiger charge is -2.34. The number of amides is 1. The van der Waals surface area contributed by atoms with Crippen molar-refractivity contribution in [2.75, 3.05) is 44.2 Å². The van der Waals surface area contributed by atoms with Gasteiger partial charge in [0.15, 0.2) is 9.84 Å². The highest BCUT2D eigenvalue weighted by atomic mass is 32.2. The van der Waals surface area contributed by atoms with Gasteiger partial charge >= 0.3 is 0 Å². The van der Waals surface area contributed by atoms with Gasteiger partial charge in [-0.2, -0.15) is 4.98 Å². The molecule has 0 radical (unpaired) electrons. The second-order valence-electron chi connectivity index (χ2n) is 8.50. The fourth-order valence-corrected chi connectivity index (χ4v) is 5.12. The largest absolute Gasteiger partial charge is 0.339 e. The molecule has 0 atom stereocenters. The van der Waals surface area contributed by atoms with Crippen LogP contribution in [-0.4, -0.2) is 78.5 Å². The second kappa shape index (κ2) is 11.6. The Labute approximate surface area is 190 Å². The zero-order valence-electron chi connectivity index (χ0n) is 19.1. The van der Waals surface area contributed by atoms with Crippen LogP contribution in [0.5, 0.6) is 0 Å². The first kappa shape index (κ1) is 24.4. The third-order valence-corrected chi connectivity index (χ3v) is 7.37. The van der Waals surface area contributed by atoms with Crippen molar-refractivity contribution >= 4 is 15.7 Å². The molecule has 1 aliphatic heterocycles. The van der Waals surface area contributed by atoms with Crippen molar-refractivity contribution < 1.29 is 17.7 Å². The average molecular weight is 463 g/mol. The van der Waals surface area contributed by atoms with Crippen molar-refractivity contribution in [3.8, 4) is 11.4 Å². The zero-order chi connectivity index (χ0) is 23.0. The number of nitrogens with zero attached hydrogens (tertiary/aromatic N) is 4. The van der Waals surface area contributed by atoms with E-state index >= 15 is 0 Å². The molecular formula is C23H34N4O4S. The van der Waals surface area contributed by atoms with Gasteiger partial charge in [-0.1, -0.05) is 54.8 Å². The predicted octanol–water partition coefficient (Wildman–Crippen LogP) is 2.73. The molecule has 1 amide bonds. The van der Waals surface area contributed by atoms with E-state index in [-0.39, 0.29) is 17.4 Å². The monoisotopic (exact) mass is 462 g/mol. The van der Waals surface area contributed by atoms with Crippen molar-refractivity contribution in [1.82, 2.24) is 19.9 Å². The van der Waals surface area contributed by atoms with E-state index in [9.17, 15) is 13.2 Å². The molecule has 0 aliphatic carbocycles. The highest BCUT2D eigenvalue weighted by Crippen LogP contribution is 2.17. The number of carbonyl (C=O) groups is 1. The topological polar surface area (TPSA) is 96.6 Å². The molecule has 32 heavy (non-hydrogen) atoms. The molecule has 0 saturated carbocycles. The molecule has 1 fully saturated rings. The summed E-state index contributed by atoms with van der Waals surface area (Å²) in [4.78, 5) is 20.8. The summed E-state index contributed by atoms with van der Waals surface area (Å²) in [5, 5.41) is 4.07. The number of aromatic nitrogens is 2. The van der Waals surface area contributed by atoms with Gasteiger partial charge in [0.25, 0.3) is 0 Å². The lowest BCUT2D eigenvalue weighted by Crippen LogP contribution is -2.50. The fraction of sp³-hybridized carbons (Fsp3) is 0.609. The van der Waals surface area contributed by atoms with Gasteiger partial charge in [-0.3, -0.25) is 9.69 Å². The molecular weight excluding hydrogens is 428 g/mol. The Balaban J connectivity index is 1.36. The van der Waals surface area contributed by atoms with E-state index in [4.69, 9.17) is 4.52 Å². The molecule has 2 aromatic rings. The standard InChI is InChI=1S/C23H34N4O4S/c1-3-4-5-17-32(29,30)18-22(28)27-15-13-26(14-16-27)12-6-7-21-24-23(25-31-21)20-10-8-19(2)9-11-20/h8-11H,3-7,12-18H2,1-2H3. The highest BCUT2D eigenvalue weighted by molar-refractivity contribution is 7.92. The molecule has 2 heterocycles. The maximum atomic E-state index is 12.4. The van der Waals surface area contributed by atoms with Crippen LogP contribution < -0.4 is 0 Å². The molecule has 176 valence electrons. The Morgan fingerprint density at radius 1 is 1.06 bits per heavy atom. The third-order valence-electron chi connectivity index (χ3n) is 5.77. The minimum Gasteiger partial charge on any atom is -0.339 e. The highest BCUT2D eigenvalue weighted by Gasteiger charge is 2.25. The summed E-state index contributed by atoms with van der Waals surface area (Å²) in [7, 11) is -3.31. The molecule has 1 aromatic carbocycles. The van der Waals surface area contributed by atoms with Crippen molar-refractivity contribution in [2.45, 2.75) is 46.0 Å². The lowest BCUT2D eigenvalue weighted by atomic mass is 10.1. The number of piperazine rings is 1. The van der Waals surface area contributed by atoms with E-state index in [0.717, 1.165) is 44.5 Å². The molecule has 0 N–H and O–H groups in total. The minimum absolute atomic E-state index is 0.105. The Bertz CT molecular complexity index is 964. The average Bonchev–Trinajstić information content (AvgIpc) is 3.23. The van der Waals surface area contributed by atoms with Crippen molar-refractivity contribution in [3.05, 3.63) is 35.7 Å². The number of carbonyl (C=O) groups excluding carboxylic acids is 1. The van der Waals surface area contributed by atoms with E-state index in [2.05, 4.69) is 15.0 Å². The van der Waals surface area contributed by atoms with Crippen LogP contribution >= 0.6 is 0 Å². The normalized spacial score (nSPS) is 15.2. The summed E-state index contributed by atoms with van der Waals surface area (Å²) in [5.41, 5.74) is 2.13. The fourth-order valence-electron chi connectivity index (χ4n) is 3.77. The van der Waals surface area contributed by atoms with Crippen LogP contribution in [0.15, 0.2) is 28.8 Å². The number of sulfone groups is 1. The molecule has 0 bridgehead atoms. The lowest BCUT2D eigenvalue weighted by molar-refractivity contribution is -0.130. The summed E-state index contributed by atoms with van der Waals surface area (Å²) in [6.07, 6.45) is 4.06. The Hall–Kier alpha value is -2.26. The maximum Gasteiger partial charge on any atom is 0.237 e. The van der Waals surface area contributed by atoms with Crippen LogP contribution in [-0.2, 0) is 21.1 Å². The van der Waals surface area contributed by atoms with E-state index in [1.54, 1.807) is 4.90 Å². The first-order chi connectivity index (χ1) is 15.4. The molecule has 1 saturated heterocycles. The van der Waals surface area contributed by atoms with Crippen LogP contribution in [0.1, 0.15) is 44.1 Å². The number of hydrogen-bond donors (Lipinski definition) is 0. The predicted molar refractivity (Wildman–Crippen MR) is 124 cm³/mol. The molecule has 8 nitrogen and oxygen atoms in total. The molecule has 3 rings (SSSR count). The first-order valence-corrected chi connectivity index (χ1v) is 13.3. The van der Waals surface area contributed by atoms with E-state index in [0.29, 0.717) is 37.6 Å². The van der Waals surface area contributed by atoms with Gasteiger partial charge in [0.05, 0.1) is 5.75 Å². The number of rotatable bonds is 11. The van der Waals surface area contributed by atoms with Gasteiger partial charge in [-0.25, -0.2) is 8.42 Å². The van der Waals surface area contributed by atoms with Gasteiger partial charge in [0.2, 0.25) is 17.6 Å². The second-order valence-corrected chi connectivity index (χ2v) is 10.7. The quantitative estimate of drug-likeness (QED) is 0.474. The van der Waals surface area contributed by atoms with Crippen LogP contribution in [0.2, 0.25) is 0 Å². The summed E-state index contributed by atoms with van der Waals surface area (Å²) in [6.45, 7) is 7.59. The summed E-state index contributed by atoms with van der Waals surface area (Å²) in [5.74, 6) is 0.709. The van der Waals surface area contributed by atoms with Gasteiger partial charge in [0, 0.05) is 38.2 Å². The Morgan fingerprint density at radius 3 is 2.47 bits per heavy atom.